The number of imidazole rings is 1. The molecule has 0 radical (unpaired) electrons. The van der Waals surface area contributed by atoms with E-state index in [1.165, 1.54) is 28.8 Å². The predicted molar refractivity (Wildman–Crippen MR) is 103 cm³/mol. The minimum absolute atomic E-state index is 0.0465. The molecule has 0 atom stereocenters. The average Bonchev–Trinajstić information content (AvgIpc) is 3.05. The van der Waals surface area contributed by atoms with E-state index >= 15 is 0 Å². The summed E-state index contributed by atoms with van der Waals surface area (Å²) >= 11 is 0. The molecule has 158 valence electrons. The van der Waals surface area contributed by atoms with Gasteiger partial charge in [0.05, 0.1) is 33.8 Å². The molecule has 2 heterocycles. The number of rotatable bonds is 5. The second kappa shape index (κ2) is 7.37. The van der Waals surface area contributed by atoms with Crippen molar-refractivity contribution in [1.29, 1.82) is 5.26 Å². The molecule has 3 aromatic rings. The lowest BCUT2D eigenvalue weighted by atomic mass is 10.1. The Morgan fingerprint density at radius 2 is 1.83 bits per heavy atom. The Labute approximate surface area is 171 Å². The maximum absolute atomic E-state index is 13.1. The molecular weight excluding hydrogens is 419 g/mol. The van der Waals surface area contributed by atoms with Crippen molar-refractivity contribution in [3.05, 3.63) is 53.6 Å². The lowest BCUT2D eigenvalue weighted by Crippen LogP contribution is -2.42. The van der Waals surface area contributed by atoms with Crippen molar-refractivity contribution in [3.63, 3.8) is 0 Å². The van der Waals surface area contributed by atoms with Gasteiger partial charge in [-0.15, -0.1) is 0 Å². The van der Waals surface area contributed by atoms with Gasteiger partial charge in [-0.1, -0.05) is 0 Å². The average molecular weight is 437 g/mol. The topological polar surface area (TPSA) is 101 Å². The maximum atomic E-state index is 13.1. The number of hydrogen-bond acceptors (Lipinski definition) is 5. The normalized spacial score (nSPS) is 12.8. The van der Waals surface area contributed by atoms with Gasteiger partial charge in [-0.05, 0) is 51.1 Å². The summed E-state index contributed by atoms with van der Waals surface area (Å²) in [5, 5.41) is 8.86. The van der Waals surface area contributed by atoms with Gasteiger partial charge >= 0.3 is 6.18 Å². The summed E-state index contributed by atoms with van der Waals surface area (Å²) in [7, 11) is -3.99. The van der Waals surface area contributed by atoms with E-state index in [0.29, 0.717) is 5.56 Å². The summed E-state index contributed by atoms with van der Waals surface area (Å²) in [5.74, 6) is 0.248. The van der Waals surface area contributed by atoms with Crippen molar-refractivity contribution < 1.29 is 21.6 Å². The third-order valence-corrected chi connectivity index (χ3v) is 6.16. The van der Waals surface area contributed by atoms with E-state index < -0.39 is 27.4 Å². The molecule has 11 heteroatoms. The van der Waals surface area contributed by atoms with Crippen LogP contribution in [0, 0.1) is 11.3 Å². The fraction of sp³-hybridized carbons (Fsp3) is 0.316. The van der Waals surface area contributed by atoms with Crippen LogP contribution in [-0.4, -0.2) is 23.0 Å². The van der Waals surface area contributed by atoms with Crippen molar-refractivity contribution >= 4 is 21.1 Å². The quantitative estimate of drug-likeness (QED) is 0.658. The van der Waals surface area contributed by atoms with Gasteiger partial charge in [0.2, 0.25) is 10.0 Å². The zero-order chi connectivity index (χ0) is 22.3. The molecule has 1 aromatic carbocycles. The summed E-state index contributed by atoms with van der Waals surface area (Å²) in [6, 6.07) is 8.19. The number of nitrogens with one attached hydrogen (secondary N) is 1. The van der Waals surface area contributed by atoms with E-state index in [2.05, 4.69) is 14.7 Å². The zero-order valence-electron chi connectivity index (χ0n) is 16.3. The van der Waals surface area contributed by atoms with Crippen LogP contribution in [0.25, 0.3) is 11.0 Å². The largest absolute Gasteiger partial charge is 0.433 e. The molecule has 0 aliphatic carbocycles. The molecule has 0 fully saturated rings. The SMILES string of the molecule is CCn1c(C(C)(C)NS(=O)(=O)c2ccc(C#N)cc2)nc2cnc(C(F)(F)F)cc21. The van der Waals surface area contributed by atoms with Gasteiger partial charge in [0, 0.05) is 6.54 Å². The molecule has 0 aliphatic heterocycles. The minimum Gasteiger partial charge on any atom is -0.327 e. The molecule has 7 nitrogen and oxygen atoms in total. The summed E-state index contributed by atoms with van der Waals surface area (Å²) in [4.78, 5) is 7.72. The number of benzene rings is 1. The molecule has 0 aliphatic rings. The Morgan fingerprint density at radius 3 is 2.37 bits per heavy atom. The number of aromatic nitrogens is 3. The van der Waals surface area contributed by atoms with E-state index in [-0.39, 0.29) is 28.3 Å². The number of alkyl halides is 3. The number of hydrogen-bond donors (Lipinski definition) is 1. The van der Waals surface area contributed by atoms with Gasteiger partial charge in [0.1, 0.15) is 17.0 Å². The summed E-state index contributed by atoms with van der Waals surface area (Å²) in [6.45, 7) is 5.14. The van der Waals surface area contributed by atoms with E-state index in [4.69, 9.17) is 5.26 Å². The van der Waals surface area contributed by atoms with Gasteiger partial charge in [-0.3, -0.25) is 0 Å². The highest BCUT2D eigenvalue weighted by Crippen LogP contribution is 2.32. The predicted octanol–water partition coefficient (Wildman–Crippen LogP) is 3.56. The second-order valence-corrected chi connectivity index (χ2v) is 8.78. The van der Waals surface area contributed by atoms with Gasteiger partial charge in [0.25, 0.3) is 0 Å². The van der Waals surface area contributed by atoms with E-state index in [1.807, 2.05) is 6.07 Å². The molecular formula is C19H18F3N5O2S. The number of halogens is 3. The highest BCUT2D eigenvalue weighted by Gasteiger charge is 2.35. The van der Waals surface area contributed by atoms with Gasteiger partial charge in [0.15, 0.2) is 0 Å². The van der Waals surface area contributed by atoms with Gasteiger partial charge < -0.3 is 4.57 Å². The van der Waals surface area contributed by atoms with Crippen LogP contribution >= 0.6 is 0 Å². The Bertz CT molecular complexity index is 1240. The number of pyridine rings is 1. The number of nitriles is 1. The Kier molecular flexibility index (Phi) is 5.34. The standard InChI is InChI=1S/C19H18F3N5O2S/c1-4-27-15-9-16(19(20,21)22)24-11-14(15)25-17(27)18(2,3)26-30(28,29)13-7-5-12(10-23)6-8-13/h5-9,11,26H,4H2,1-3H3. The lowest BCUT2D eigenvalue weighted by Gasteiger charge is -2.26. The molecule has 0 saturated heterocycles. The Hall–Kier alpha value is -2.97. The highest BCUT2D eigenvalue weighted by atomic mass is 32.2. The molecule has 0 saturated carbocycles. The van der Waals surface area contributed by atoms with Crippen molar-refractivity contribution in [2.75, 3.05) is 0 Å². The monoisotopic (exact) mass is 437 g/mol. The molecule has 0 amide bonds. The zero-order valence-corrected chi connectivity index (χ0v) is 17.1. The van der Waals surface area contributed by atoms with Crippen LogP contribution in [0.1, 0.15) is 37.9 Å². The molecule has 30 heavy (non-hydrogen) atoms. The number of fused-ring (bicyclic) bond motifs is 1. The summed E-state index contributed by atoms with van der Waals surface area (Å²) in [6.07, 6.45) is -3.58. The Balaban J connectivity index is 2.05. The van der Waals surface area contributed by atoms with Crippen LogP contribution in [0.5, 0.6) is 0 Å². The number of aryl methyl sites for hydroxylation is 1. The van der Waals surface area contributed by atoms with Crippen LogP contribution in [0.2, 0.25) is 0 Å². The molecule has 0 unspecified atom stereocenters. The molecule has 3 rings (SSSR count). The van der Waals surface area contributed by atoms with Crippen LogP contribution in [0.15, 0.2) is 41.4 Å². The molecule has 0 bridgehead atoms. The minimum atomic E-state index is -4.61. The van der Waals surface area contributed by atoms with E-state index in [1.54, 1.807) is 20.8 Å². The van der Waals surface area contributed by atoms with Crippen LogP contribution in [-0.2, 0) is 28.3 Å². The first-order valence-corrected chi connectivity index (χ1v) is 10.4. The maximum Gasteiger partial charge on any atom is 0.433 e. The third kappa shape index (κ3) is 4.01. The van der Waals surface area contributed by atoms with Crippen molar-refractivity contribution in [2.45, 2.75) is 43.9 Å². The van der Waals surface area contributed by atoms with Crippen LogP contribution < -0.4 is 4.72 Å². The van der Waals surface area contributed by atoms with Crippen molar-refractivity contribution in [2.24, 2.45) is 0 Å². The first kappa shape index (κ1) is 21.7. The molecule has 1 N–H and O–H groups in total. The number of sulfonamides is 1. The Morgan fingerprint density at radius 1 is 1.20 bits per heavy atom. The second-order valence-electron chi connectivity index (χ2n) is 7.10. The highest BCUT2D eigenvalue weighted by molar-refractivity contribution is 7.89. The van der Waals surface area contributed by atoms with Crippen LogP contribution in [0.3, 0.4) is 0 Å². The van der Waals surface area contributed by atoms with Crippen LogP contribution in [0.4, 0.5) is 13.2 Å². The van der Waals surface area contributed by atoms with Crippen molar-refractivity contribution in [1.82, 2.24) is 19.3 Å². The van der Waals surface area contributed by atoms with Crippen molar-refractivity contribution in [3.8, 4) is 6.07 Å². The summed E-state index contributed by atoms with van der Waals surface area (Å²) in [5.41, 5.74) is -1.55. The lowest BCUT2D eigenvalue weighted by molar-refractivity contribution is -0.141. The fourth-order valence-electron chi connectivity index (χ4n) is 3.13. The van der Waals surface area contributed by atoms with E-state index in [9.17, 15) is 21.6 Å². The van der Waals surface area contributed by atoms with Gasteiger partial charge in [-0.2, -0.15) is 23.2 Å². The molecule has 0 spiro atoms. The first-order chi connectivity index (χ1) is 13.9. The number of nitrogens with zero attached hydrogens (tertiary/aromatic N) is 4. The first-order valence-electron chi connectivity index (χ1n) is 8.87. The smallest absolute Gasteiger partial charge is 0.327 e. The van der Waals surface area contributed by atoms with Gasteiger partial charge in [-0.25, -0.2) is 18.4 Å². The fourth-order valence-corrected chi connectivity index (χ4v) is 4.51. The molecule has 2 aromatic heterocycles. The third-order valence-electron chi connectivity index (χ3n) is 4.48. The summed E-state index contributed by atoms with van der Waals surface area (Å²) < 4.78 is 68.9. The van der Waals surface area contributed by atoms with E-state index in [0.717, 1.165) is 12.3 Å².